The second-order valence-electron chi connectivity index (χ2n) is 4.67. The zero-order valence-electron chi connectivity index (χ0n) is 10.3. The van der Waals surface area contributed by atoms with Crippen LogP contribution in [0.4, 0.5) is 0 Å². The Bertz CT molecular complexity index is 446. The molecule has 5 nitrogen and oxygen atoms in total. The first kappa shape index (κ1) is 13.8. The van der Waals surface area contributed by atoms with Crippen LogP contribution in [0.2, 0.25) is 0 Å². The number of nitrogens with zero attached hydrogens (tertiary/aromatic N) is 2. The largest absolute Gasteiger partial charge is 0.591 e. The van der Waals surface area contributed by atoms with Gasteiger partial charge in [0, 0.05) is 13.2 Å². The van der Waals surface area contributed by atoms with Crippen molar-refractivity contribution in [2.75, 3.05) is 0 Å². The van der Waals surface area contributed by atoms with Crippen LogP contribution < -0.4 is 0 Å². The van der Waals surface area contributed by atoms with E-state index in [4.69, 9.17) is 5.11 Å². The molecule has 0 spiro atoms. The smallest absolute Gasteiger partial charge is 0.337 e. The average molecular weight is 256 g/mol. The van der Waals surface area contributed by atoms with E-state index in [1.165, 1.54) is 18.5 Å². The number of carboxylic acid groups (broad SMARTS) is 1. The molecule has 0 amide bonds. The van der Waals surface area contributed by atoms with Gasteiger partial charge in [-0.3, -0.25) is 0 Å². The van der Waals surface area contributed by atoms with Gasteiger partial charge in [0.25, 0.3) is 0 Å². The molecule has 1 aromatic rings. The van der Waals surface area contributed by atoms with Gasteiger partial charge in [0.1, 0.15) is 22.3 Å². The number of aryl methyl sites for hydroxylation is 1. The molecule has 0 radical (unpaired) electrons. The molecular weight excluding hydrogens is 240 g/mol. The summed E-state index contributed by atoms with van der Waals surface area (Å²) in [6.45, 7) is 5.48. The predicted molar refractivity (Wildman–Crippen MR) is 67.9 cm³/mol. The number of carboxylic acids is 1. The molecule has 0 aromatic carbocycles. The van der Waals surface area contributed by atoms with E-state index in [0.717, 1.165) is 0 Å². The predicted octanol–water partition coefficient (Wildman–Crippen LogP) is 1.60. The third-order valence-corrected chi connectivity index (χ3v) is 3.44. The lowest BCUT2D eigenvalue weighted by Crippen LogP contribution is -2.25. The van der Waals surface area contributed by atoms with Gasteiger partial charge < -0.3 is 14.2 Å². The lowest BCUT2D eigenvalue weighted by Gasteiger charge is -2.17. The lowest BCUT2D eigenvalue weighted by molar-refractivity contribution is 0.0697. The third kappa shape index (κ3) is 3.61. The molecule has 0 saturated carbocycles. The van der Waals surface area contributed by atoms with Gasteiger partial charge in [0.05, 0.1) is 11.3 Å². The van der Waals surface area contributed by atoms with Gasteiger partial charge >= 0.3 is 5.97 Å². The Hall–Kier alpha value is -1.27. The van der Waals surface area contributed by atoms with Gasteiger partial charge in [-0.15, -0.1) is 0 Å². The molecule has 0 aliphatic rings. The fourth-order valence-corrected chi connectivity index (χ4v) is 1.61. The first-order chi connectivity index (χ1) is 7.71. The number of aromatic nitrogens is 1. The zero-order chi connectivity index (χ0) is 13.2. The summed E-state index contributed by atoms with van der Waals surface area (Å²) in [6, 6.07) is 1.49. The summed E-state index contributed by atoms with van der Waals surface area (Å²) in [5.41, 5.74) is 0.801. The third-order valence-electron chi connectivity index (χ3n) is 2.09. The van der Waals surface area contributed by atoms with Gasteiger partial charge in [-0.2, -0.15) is 0 Å². The van der Waals surface area contributed by atoms with Crippen LogP contribution in [0.25, 0.3) is 0 Å². The van der Waals surface area contributed by atoms with Crippen molar-refractivity contribution in [1.82, 2.24) is 4.57 Å². The molecule has 1 rings (SSSR count). The minimum Gasteiger partial charge on any atom is -0.591 e. The monoisotopic (exact) mass is 256 g/mol. The maximum absolute atomic E-state index is 11.7. The Kier molecular flexibility index (Phi) is 4.00. The summed E-state index contributed by atoms with van der Waals surface area (Å²) in [5, 5.41) is 8.81. The number of rotatable bonds is 3. The van der Waals surface area contributed by atoms with Gasteiger partial charge in [0.2, 0.25) is 0 Å². The molecule has 0 aliphatic heterocycles. The zero-order valence-corrected chi connectivity index (χ0v) is 11.1. The van der Waals surface area contributed by atoms with E-state index in [-0.39, 0.29) is 5.56 Å². The quantitative estimate of drug-likeness (QED) is 0.659. The van der Waals surface area contributed by atoms with Crippen molar-refractivity contribution in [3.05, 3.63) is 23.5 Å². The molecule has 94 valence electrons. The van der Waals surface area contributed by atoms with Crippen molar-refractivity contribution in [2.45, 2.75) is 25.5 Å². The van der Waals surface area contributed by atoms with Crippen LogP contribution in [0.1, 0.15) is 36.8 Å². The van der Waals surface area contributed by atoms with Gasteiger partial charge in [-0.05, 0) is 26.8 Å². The van der Waals surface area contributed by atoms with E-state index in [2.05, 4.69) is 4.40 Å². The molecular formula is C11H16N2O3S. The molecule has 1 aromatic heterocycles. The maximum atomic E-state index is 11.7. The number of aromatic carboxylic acids is 1. The first-order valence-corrected chi connectivity index (χ1v) is 6.18. The Morgan fingerprint density at radius 1 is 1.59 bits per heavy atom. The summed E-state index contributed by atoms with van der Waals surface area (Å²) in [5.74, 6) is -0.989. The number of hydrogen-bond acceptors (Lipinski definition) is 3. The Balaban J connectivity index is 2.89. The molecule has 1 N–H and O–H groups in total. The molecule has 0 saturated heterocycles. The summed E-state index contributed by atoms with van der Waals surface area (Å²) in [7, 11) is 1.72. The highest BCUT2D eigenvalue weighted by Gasteiger charge is 2.25. The van der Waals surface area contributed by atoms with Gasteiger partial charge in [-0.25, -0.2) is 4.79 Å². The van der Waals surface area contributed by atoms with Crippen molar-refractivity contribution in [1.29, 1.82) is 0 Å². The number of carbonyl (C=O) groups is 1. The van der Waals surface area contributed by atoms with Crippen LogP contribution in [0, 0.1) is 0 Å². The van der Waals surface area contributed by atoms with Gasteiger partial charge in [-0.1, -0.05) is 4.40 Å². The van der Waals surface area contributed by atoms with Crippen LogP contribution in [0.15, 0.2) is 16.7 Å². The molecule has 0 bridgehead atoms. The van der Waals surface area contributed by atoms with Crippen molar-refractivity contribution in [3.8, 4) is 0 Å². The SMILES string of the molecule is Cn1cc(C(=O)O)cc1/C=N/[S+]([O-])C(C)(C)C. The maximum Gasteiger partial charge on any atom is 0.337 e. The summed E-state index contributed by atoms with van der Waals surface area (Å²) in [6.07, 6.45) is 2.93. The molecule has 1 unspecified atom stereocenters. The Morgan fingerprint density at radius 2 is 2.18 bits per heavy atom. The summed E-state index contributed by atoms with van der Waals surface area (Å²) < 4.78 is 16.8. The summed E-state index contributed by atoms with van der Waals surface area (Å²) in [4.78, 5) is 10.7. The molecule has 17 heavy (non-hydrogen) atoms. The van der Waals surface area contributed by atoms with Crippen LogP contribution in [0.3, 0.4) is 0 Å². The minimum atomic E-state index is -1.34. The van der Waals surface area contributed by atoms with E-state index in [0.29, 0.717) is 5.69 Å². The minimum absolute atomic E-state index is 0.190. The topological polar surface area (TPSA) is 77.7 Å². The highest BCUT2D eigenvalue weighted by molar-refractivity contribution is 7.91. The van der Waals surface area contributed by atoms with Gasteiger partial charge in [0.15, 0.2) is 0 Å². The molecule has 0 aliphatic carbocycles. The van der Waals surface area contributed by atoms with Crippen LogP contribution >= 0.6 is 0 Å². The second kappa shape index (κ2) is 4.93. The average Bonchev–Trinajstić information content (AvgIpc) is 2.55. The van der Waals surface area contributed by atoms with Crippen molar-refractivity contribution in [3.63, 3.8) is 0 Å². The van der Waals surface area contributed by atoms with E-state index in [1.54, 1.807) is 11.6 Å². The Morgan fingerprint density at radius 3 is 2.59 bits per heavy atom. The van der Waals surface area contributed by atoms with Crippen molar-refractivity contribution >= 4 is 23.5 Å². The molecule has 6 heteroatoms. The summed E-state index contributed by atoms with van der Waals surface area (Å²) >= 11 is -1.34. The van der Waals surface area contributed by atoms with E-state index in [1.807, 2.05) is 20.8 Å². The second-order valence-corrected chi connectivity index (χ2v) is 6.60. The number of hydrogen-bond donors (Lipinski definition) is 1. The Labute approximate surface area is 103 Å². The van der Waals surface area contributed by atoms with Crippen LogP contribution in [-0.4, -0.2) is 31.2 Å². The standard InChI is InChI=1S/C11H16N2O3S/c1-11(2,3)17(16)12-6-9-5-8(10(14)15)7-13(9)4/h5-7H,1-4H3,(H,14,15)/b12-6+. The van der Waals surface area contributed by atoms with E-state index in [9.17, 15) is 9.35 Å². The first-order valence-electron chi connectivity index (χ1n) is 5.07. The van der Waals surface area contributed by atoms with E-state index >= 15 is 0 Å². The molecule has 1 atom stereocenters. The lowest BCUT2D eigenvalue weighted by atomic mass is 10.3. The normalized spacial score (nSPS) is 14.2. The van der Waals surface area contributed by atoms with Crippen LogP contribution in [0.5, 0.6) is 0 Å². The fourth-order valence-electron chi connectivity index (χ4n) is 1.09. The highest BCUT2D eigenvalue weighted by Crippen LogP contribution is 2.17. The fraction of sp³-hybridized carbons (Fsp3) is 0.455. The van der Waals surface area contributed by atoms with Crippen molar-refractivity contribution < 1.29 is 14.5 Å². The van der Waals surface area contributed by atoms with Crippen molar-refractivity contribution in [2.24, 2.45) is 11.4 Å². The molecule has 0 fully saturated rings. The van der Waals surface area contributed by atoms with Crippen LogP contribution in [-0.2, 0) is 18.4 Å². The highest BCUT2D eigenvalue weighted by atomic mass is 32.2. The molecule has 1 heterocycles. The van der Waals surface area contributed by atoms with E-state index < -0.39 is 22.1 Å².